The Morgan fingerprint density at radius 1 is 1.33 bits per heavy atom. The average molecular weight is 316 g/mol. The molecule has 1 aromatic carbocycles. The molecule has 1 aromatic rings. The molecule has 0 aliphatic rings. The van der Waals surface area contributed by atoms with Gasteiger partial charge in [-0.25, -0.2) is 0 Å². The Labute approximate surface area is 130 Å². The van der Waals surface area contributed by atoms with Crippen molar-refractivity contribution in [2.45, 2.75) is 25.9 Å². The van der Waals surface area contributed by atoms with Crippen LogP contribution in [0, 0.1) is 0 Å². The average Bonchev–Trinajstić information content (AvgIpc) is 2.48. The standard InChI is InChI=1S/C15H22ClNO4/c1-5-15(2,20-4)14(18)17-11-6-7-13(12(16)10-11)21-9-8-19-3/h6-7,10H,5,8-9H2,1-4H3,(H,17,18). The number of hydrogen-bond donors (Lipinski definition) is 1. The maximum Gasteiger partial charge on any atom is 0.256 e. The first-order valence-corrected chi connectivity index (χ1v) is 7.12. The van der Waals surface area contributed by atoms with Gasteiger partial charge in [-0.2, -0.15) is 0 Å². The molecular weight excluding hydrogens is 294 g/mol. The molecule has 0 radical (unpaired) electrons. The van der Waals surface area contributed by atoms with Crippen LogP contribution >= 0.6 is 11.6 Å². The van der Waals surface area contributed by atoms with Crippen molar-refractivity contribution in [1.29, 1.82) is 0 Å². The van der Waals surface area contributed by atoms with E-state index in [0.29, 0.717) is 36.1 Å². The molecule has 1 N–H and O–H groups in total. The van der Waals surface area contributed by atoms with E-state index in [1.165, 1.54) is 7.11 Å². The van der Waals surface area contributed by atoms with Gasteiger partial charge in [0.15, 0.2) is 0 Å². The summed E-state index contributed by atoms with van der Waals surface area (Å²) in [6.07, 6.45) is 0.571. The lowest BCUT2D eigenvalue weighted by molar-refractivity contribution is -0.136. The Bertz CT molecular complexity index is 475. The minimum absolute atomic E-state index is 0.211. The van der Waals surface area contributed by atoms with E-state index in [4.69, 9.17) is 25.8 Å². The minimum Gasteiger partial charge on any atom is -0.490 e. The second kappa shape index (κ2) is 8.22. The molecule has 21 heavy (non-hydrogen) atoms. The lowest BCUT2D eigenvalue weighted by atomic mass is 10.0. The second-order valence-electron chi connectivity index (χ2n) is 4.73. The normalized spacial score (nSPS) is 13.6. The number of anilines is 1. The summed E-state index contributed by atoms with van der Waals surface area (Å²) < 4.78 is 15.6. The highest BCUT2D eigenvalue weighted by molar-refractivity contribution is 6.32. The van der Waals surface area contributed by atoms with Crippen LogP contribution < -0.4 is 10.1 Å². The number of benzene rings is 1. The van der Waals surface area contributed by atoms with E-state index >= 15 is 0 Å². The number of methoxy groups -OCH3 is 2. The molecule has 1 atom stereocenters. The Balaban J connectivity index is 2.73. The molecule has 118 valence electrons. The molecule has 0 saturated carbocycles. The largest absolute Gasteiger partial charge is 0.490 e. The first-order chi connectivity index (χ1) is 9.96. The highest BCUT2D eigenvalue weighted by Gasteiger charge is 2.30. The number of carbonyl (C=O) groups is 1. The van der Waals surface area contributed by atoms with Gasteiger partial charge in [-0.05, 0) is 31.5 Å². The molecular formula is C15H22ClNO4. The summed E-state index contributed by atoms with van der Waals surface area (Å²) >= 11 is 6.13. The summed E-state index contributed by atoms with van der Waals surface area (Å²) in [7, 11) is 3.12. The summed E-state index contributed by atoms with van der Waals surface area (Å²) in [6, 6.07) is 5.09. The summed E-state index contributed by atoms with van der Waals surface area (Å²) in [6.45, 7) is 4.53. The van der Waals surface area contributed by atoms with Gasteiger partial charge < -0.3 is 19.5 Å². The molecule has 5 nitrogen and oxygen atoms in total. The van der Waals surface area contributed by atoms with Crippen LogP contribution in [0.1, 0.15) is 20.3 Å². The van der Waals surface area contributed by atoms with E-state index < -0.39 is 5.60 Å². The zero-order valence-corrected chi connectivity index (χ0v) is 13.6. The van der Waals surface area contributed by atoms with Crippen LogP contribution in [0.4, 0.5) is 5.69 Å². The van der Waals surface area contributed by atoms with Gasteiger partial charge in [-0.15, -0.1) is 0 Å². The molecule has 1 rings (SSSR count). The van der Waals surface area contributed by atoms with Crippen molar-refractivity contribution in [3.8, 4) is 5.75 Å². The molecule has 0 aliphatic heterocycles. The monoisotopic (exact) mass is 315 g/mol. The predicted octanol–water partition coefficient (Wildman–Crippen LogP) is 3.12. The molecule has 1 amide bonds. The van der Waals surface area contributed by atoms with Crippen molar-refractivity contribution in [3.05, 3.63) is 23.2 Å². The fraction of sp³-hybridized carbons (Fsp3) is 0.533. The van der Waals surface area contributed by atoms with E-state index in [9.17, 15) is 4.79 Å². The Morgan fingerprint density at radius 2 is 2.05 bits per heavy atom. The molecule has 6 heteroatoms. The predicted molar refractivity (Wildman–Crippen MR) is 83.2 cm³/mol. The van der Waals surface area contributed by atoms with Gasteiger partial charge in [0.25, 0.3) is 5.91 Å². The van der Waals surface area contributed by atoms with Crippen molar-refractivity contribution >= 4 is 23.2 Å². The molecule has 0 saturated heterocycles. The third kappa shape index (κ3) is 4.88. The number of hydrogen-bond acceptors (Lipinski definition) is 4. The number of halogens is 1. The van der Waals surface area contributed by atoms with E-state index in [1.807, 2.05) is 6.92 Å². The molecule has 0 bridgehead atoms. The highest BCUT2D eigenvalue weighted by atomic mass is 35.5. The fourth-order valence-corrected chi connectivity index (χ4v) is 1.83. The molecule has 0 aliphatic carbocycles. The van der Waals surface area contributed by atoms with Gasteiger partial charge in [0.2, 0.25) is 0 Å². The summed E-state index contributed by atoms with van der Waals surface area (Å²) in [4.78, 5) is 12.2. The van der Waals surface area contributed by atoms with Gasteiger partial charge >= 0.3 is 0 Å². The SMILES string of the molecule is CCC(C)(OC)C(=O)Nc1ccc(OCCOC)c(Cl)c1. The van der Waals surface area contributed by atoms with E-state index in [0.717, 1.165) is 0 Å². The zero-order chi connectivity index (χ0) is 15.9. The third-order valence-electron chi connectivity index (χ3n) is 3.34. The summed E-state index contributed by atoms with van der Waals surface area (Å²) in [5.41, 5.74) is -0.263. The van der Waals surface area contributed by atoms with Crippen molar-refractivity contribution in [3.63, 3.8) is 0 Å². The topological polar surface area (TPSA) is 56.8 Å². The fourth-order valence-electron chi connectivity index (χ4n) is 1.59. The molecule has 1 unspecified atom stereocenters. The van der Waals surface area contributed by atoms with Crippen molar-refractivity contribution in [2.75, 3.05) is 32.8 Å². The van der Waals surface area contributed by atoms with Crippen LogP contribution in [0.3, 0.4) is 0 Å². The number of ether oxygens (including phenoxy) is 3. The molecule has 0 spiro atoms. The Hall–Kier alpha value is -1.30. The maximum atomic E-state index is 12.2. The number of amides is 1. The van der Waals surface area contributed by atoms with Crippen LogP contribution in [0.15, 0.2) is 18.2 Å². The molecule has 0 fully saturated rings. The van der Waals surface area contributed by atoms with Gasteiger partial charge in [-0.1, -0.05) is 18.5 Å². The van der Waals surface area contributed by atoms with Gasteiger partial charge in [0.1, 0.15) is 18.0 Å². The van der Waals surface area contributed by atoms with E-state index in [2.05, 4.69) is 5.32 Å². The third-order valence-corrected chi connectivity index (χ3v) is 3.64. The van der Waals surface area contributed by atoms with Crippen LogP contribution in [0.25, 0.3) is 0 Å². The van der Waals surface area contributed by atoms with Crippen LogP contribution in [-0.2, 0) is 14.3 Å². The first kappa shape index (κ1) is 17.8. The van der Waals surface area contributed by atoms with Crippen molar-refractivity contribution < 1.29 is 19.0 Å². The quantitative estimate of drug-likeness (QED) is 0.749. The van der Waals surface area contributed by atoms with Gasteiger partial charge in [0, 0.05) is 19.9 Å². The minimum atomic E-state index is -0.861. The molecule has 0 heterocycles. The molecule has 0 aromatic heterocycles. The van der Waals surface area contributed by atoms with E-state index in [1.54, 1.807) is 32.2 Å². The maximum absolute atomic E-state index is 12.2. The first-order valence-electron chi connectivity index (χ1n) is 6.74. The van der Waals surface area contributed by atoms with Crippen LogP contribution in [0.2, 0.25) is 5.02 Å². The Kier molecular flexibility index (Phi) is 6.95. The summed E-state index contributed by atoms with van der Waals surface area (Å²) in [5.74, 6) is 0.341. The van der Waals surface area contributed by atoms with Crippen molar-refractivity contribution in [1.82, 2.24) is 0 Å². The van der Waals surface area contributed by atoms with Gasteiger partial charge in [0.05, 0.1) is 11.6 Å². The number of nitrogens with one attached hydrogen (secondary N) is 1. The Morgan fingerprint density at radius 3 is 2.57 bits per heavy atom. The van der Waals surface area contributed by atoms with E-state index in [-0.39, 0.29) is 5.91 Å². The number of rotatable bonds is 8. The smallest absolute Gasteiger partial charge is 0.256 e. The van der Waals surface area contributed by atoms with Crippen molar-refractivity contribution in [2.24, 2.45) is 0 Å². The lowest BCUT2D eigenvalue weighted by Gasteiger charge is -2.25. The summed E-state index contributed by atoms with van der Waals surface area (Å²) in [5, 5.41) is 3.22. The number of carbonyl (C=O) groups excluding carboxylic acids is 1. The van der Waals surface area contributed by atoms with Crippen LogP contribution in [-0.4, -0.2) is 38.9 Å². The zero-order valence-electron chi connectivity index (χ0n) is 12.9. The highest BCUT2D eigenvalue weighted by Crippen LogP contribution is 2.28. The van der Waals surface area contributed by atoms with Gasteiger partial charge in [-0.3, -0.25) is 4.79 Å². The van der Waals surface area contributed by atoms with Crippen LogP contribution in [0.5, 0.6) is 5.75 Å². The lowest BCUT2D eigenvalue weighted by Crippen LogP contribution is -2.41. The second-order valence-corrected chi connectivity index (χ2v) is 5.14.